The van der Waals surface area contributed by atoms with Crippen molar-refractivity contribution >= 4 is 21.4 Å². The number of fused-ring (bicyclic) bond motifs is 1. The summed E-state index contributed by atoms with van der Waals surface area (Å²) in [4.78, 5) is 1.28. The van der Waals surface area contributed by atoms with Crippen LogP contribution in [0.2, 0.25) is 0 Å². The third kappa shape index (κ3) is 1.56. The van der Waals surface area contributed by atoms with E-state index in [4.69, 9.17) is 4.74 Å². The summed E-state index contributed by atoms with van der Waals surface area (Å²) in [6.45, 7) is 4.19. The Labute approximate surface area is 88.3 Å². The van der Waals surface area contributed by atoms with E-state index in [-0.39, 0.29) is 5.60 Å². The van der Waals surface area contributed by atoms with Crippen LogP contribution in [-0.2, 0) is 10.3 Å². The van der Waals surface area contributed by atoms with Crippen molar-refractivity contribution in [2.75, 3.05) is 7.11 Å². The number of hydrogen-bond donors (Lipinski definition) is 0. The van der Waals surface area contributed by atoms with Crippen LogP contribution in [0.1, 0.15) is 18.7 Å². The third-order valence-electron chi connectivity index (χ3n) is 2.53. The minimum Gasteiger partial charge on any atom is -0.373 e. The monoisotopic (exact) mass is 206 g/mol. The highest BCUT2D eigenvalue weighted by atomic mass is 32.1. The number of thiophene rings is 1. The van der Waals surface area contributed by atoms with Gasteiger partial charge in [-0.05, 0) is 31.4 Å². The molecule has 0 atom stereocenters. The van der Waals surface area contributed by atoms with Crippen LogP contribution < -0.4 is 0 Å². The Hall–Kier alpha value is -0.860. The van der Waals surface area contributed by atoms with E-state index in [1.54, 1.807) is 18.4 Å². The van der Waals surface area contributed by atoms with Crippen LogP contribution in [0.15, 0.2) is 30.3 Å². The van der Waals surface area contributed by atoms with Gasteiger partial charge in [-0.1, -0.05) is 18.2 Å². The lowest BCUT2D eigenvalue weighted by Crippen LogP contribution is -2.17. The zero-order valence-corrected chi connectivity index (χ0v) is 9.52. The maximum absolute atomic E-state index is 5.46. The molecule has 74 valence electrons. The molecule has 0 aliphatic rings. The molecule has 0 saturated heterocycles. The molecule has 0 aliphatic heterocycles. The maximum Gasteiger partial charge on any atom is 0.0963 e. The predicted octanol–water partition coefficient (Wildman–Crippen LogP) is 3.78. The van der Waals surface area contributed by atoms with E-state index in [9.17, 15) is 0 Å². The van der Waals surface area contributed by atoms with E-state index in [0.29, 0.717) is 0 Å². The van der Waals surface area contributed by atoms with Crippen LogP contribution in [0.5, 0.6) is 0 Å². The Morgan fingerprint density at radius 1 is 1.21 bits per heavy atom. The minimum absolute atomic E-state index is 0.177. The first-order valence-electron chi connectivity index (χ1n) is 4.68. The summed E-state index contributed by atoms with van der Waals surface area (Å²) < 4.78 is 6.79. The number of rotatable bonds is 2. The molecule has 2 aromatic rings. The molecule has 0 amide bonds. The Balaban J connectivity index is 2.55. The average molecular weight is 206 g/mol. The van der Waals surface area contributed by atoms with Crippen molar-refractivity contribution in [3.05, 3.63) is 35.2 Å². The summed E-state index contributed by atoms with van der Waals surface area (Å²) in [6, 6.07) is 10.6. The molecule has 1 aromatic carbocycles. The molecule has 0 saturated carbocycles. The Morgan fingerprint density at radius 2 is 1.93 bits per heavy atom. The lowest BCUT2D eigenvalue weighted by molar-refractivity contribution is 0.0224. The second-order valence-corrected chi connectivity index (χ2v) is 4.95. The molecule has 1 aromatic heterocycles. The van der Waals surface area contributed by atoms with Gasteiger partial charge in [0.15, 0.2) is 0 Å². The number of ether oxygens (including phenoxy) is 1. The molecule has 0 N–H and O–H groups in total. The second kappa shape index (κ2) is 3.37. The van der Waals surface area contributed by atoms with E-state index in [2.05, 4.69) is 44.2 Å². The lowest BCUT2D eigenvalue weighted by Gasteiger charge is -2.20. The summed E-state index contributed by atoms with van der Waals surface area (Å²) in [5.41, 5.74) is -0.177. The molecule has 0 aliphatic carbocycles. The molecule has 0 radical (unpaired) electrons. The summed E-state index contributed by atoms with van der Waals surface area (Å²) in [5, 5.41) is 1.30. The van der Waals surface area contributed by atoms with E-state index < -0.39 is 0 Å². The summed E-state index contributed by atoms with van der Waals surface area (Å²) in [5.74, 6) is 0. The predicted molar refractivity (Wildman–Crippen MR) is 61.9 cm³/mol. The normalized spacial score (nSPS) is 12.2. The van der Waals surface area contributed by atoms with Crippen LogP contribution in [0, 0.1) is 0 Å². The molecule has 0 unspecified atom stereocenters. The standard InChI is InChI=1S/C12H14OS/c1-12(2,13-3)11-8-9-6-4-5-7-10(9)14-11/h4-8H,1-3H3. The highest BCUT2D eigenvalue weighted by Gasteiger charge is 2.21. The topological polar surface area (TPSA) is 9.23 Å². The minimum atomic E-state index is -0.177. The van der Waals surface area contributed by atoms with Gasteiger partial charge in [0.2, 0.25) is 0 Å². The SMILES string of the molecule is COC(C)(C)c1cc2ccccc2s1. The van der Waals surface area contributed by atoms with Crippen LogP contribution in [0.4, 0.5) is 0 Å². The summed E-state index contributed by atoms with van der Waals surface area (Å²) in [7, 11) is 1.75. The number of hydrogen-bond acceptors (Lipinski definition) is 2. The molecule has 2 rings (SSSR count). The van der Waals surface area contributed by atoms with Gasteiger partial charge in [-0.3, -0.25) is 0 Å². The van der Waals surface area contributed by atoms with Crippen molar-refractivity contribution in [1.82, 2.24) is 0 Å². The van der Waals surface area contributed by atoms with E-state index in [1.165, 1.54) is 15.0 Å². The second-order valence-electron chi connectivity index (χ2n) is 3.86. The van der Waals surface area contributed by atoms with Crippen molar-refractivity contribution < 1.29 is 4.74 Å². The van der Waals surface area contributed by atoms with Crippen molar-refractivity contribution in [1.29, 1.82) is 0 Å². The van der Waals surface area contributed by atoms with Gasteiger partial charge >= 0.3 is 0 Å². The van der Waals surface area contributed by atoms with Crippen molar-refractivity contribution in [2.45, 2.75) is 19.4 Å². The van der Waals surface area contributed by atoms with Gasteiger partial charge in [-0.25, -0.2) is 0 Å². The van der Waals surface area contributed by atoms with E-state index in [0.717, 1.165) is 0 Å². The quantitative estimate of drug-likeness (QED) is 0.726. The average Bonchev–Trinajstić information content (AvgIpc) is 2.61. The molecule has 0 fully saturated rings. The van der Waals surface area contributed by atoms with Gasteiger partial charge in [0, 0.05) is 16.7 Å². The summed E-state index contributed by atoms with van der Waals surface area (Å²) in [6.07, 6.45) is 0. The van der Waals surface area contributed by atoms with Crippen LogP contribution >= 0.6 is 11.3 Å². The van der Waals surface area contributed by atoms with Crippen LogP contribution in [0.25, 0.3) is 10.1 Å². The third-order valence-corrected chi connectivity index (χ3v) is 3.95. The first kappa shape index (κ1) is 9.69. The molecular formula is C12H14OS. The molecule has 2 heteroatoms. The van der Waals surface area contributed by atoms with Gasteiger partial charge in [0.1, 0.15) is 0 Å². The molecule has 0 spiro atoms. The first-order valence-corrected chi connectivity index (χ1v) is 5.49. The van der Waals surface area contributed by atoms with Crippen molar-refractivity contribution in [3.63, 3.8) is 0 Å². The molecule has 1 nitrogen and oxygen atoms in total. The van der Waals surface area contributed by atoms with E-state index >= 15 is 0 Å². The molecule has 0 bridgehead atoms. The molecule has 1 heterocycles. The largest absolute Gasteiger partial charge is 0.373 e. The van der Waals surface area contributed by atoms with Gasteiger partial charge in [-0.2, -0.15) is 0 Å². The van der Waals surface area contributed by atoms with Gasteiger partial charge in [0.05, 0.1) is 5.60 Å². The fourth-order valence-electron chi connectivity index (χ4n) is 1.38. The van der Waals surface area contributed by atoms with Crippen LogP contribution in [0.3, 0.4) is 0 Å². The Kier molecular flexibility index (Phi) is 2.33. The van der Waals surface area contributed by atoms with Crippen LogP contribution in [-0.4, -0.2) is 7.11 Å². The fourth-order valence-corrected chi connectivity index (χ4v) is 2.52. The number of benzene rings is 1. The van der Waals surface area contributed by atoms with Crippen molar-refractivity contribution in [3.8, 4) is 0 Å². The fraction of sp³-hybridized carbons (Fsp3) is 0.333. The molecule has 14 heavy (non-hydrogen) atoms. The summed E-state index contributed by atoms with van der Waals surface area (Å²) >= 11 is 1.80. The highest BCUT2D eigenvalue weighted by molar-refractivity contribution is 7.19. The van der Waals surface area contributed by atoms with Gasteiger partial charge in [-0.15, -0.1) is 11.3 Å². The number of methoxy groups -OCH3 is 1. The molecular weight excluding hydrogens is 192 g/mol. The van der Waals surface area contributed by atoms with Crippen molar-refractivity contribution in [2.24, 2.45) is 0 Å². The Bertz CT molecular complexity index is 409. The first-order chi connectivity index (χ1) is 6.63. The lowest BCUT2D eigenvalue weighted by atomic mass is 10.1. The van der Waals surface area contributed by atoms with Gasteiger partial charge in [0.25, 0.3) is 0 Å². The maximum atomic E-state index is 5.46. The zero-order valence-electron chi connectivity index (χ0n) is 8.70. The van der Waals surface area contributed by atoms with E-state index in [1.807, 2.05) is 0 Å². The smallest absolute Gasteiger partial charge is 0.0963 e. The Morgan fingerprint density at radius 3 is 2.57 bits per heavy atom. The highest BCUT2D eigenvalue weighted by Crippen LogP contribution is 2.34. The van der Waals surface area contributed by atoms with Gasteiger partial charge < -0.3 is 4.74 Å². The zero-order chi connectivity index (χ0) is 10.2.